The van der Waals surface area contributed by atoms with E-state index in [9.17, 15) is 4.79 Å². The lowest BCUT2D eigenvalue weighted by molar-refractivity contribution is -0.136. The van der Waals surface area contributed by atoms with Crippen LogP contribution >= 0.6 is 12.2 Å². The van der Waals surface area contributed by atoms with Crippen molar-refractivity contribution in [2.75, 3.05) is 20.8 Å². The third kappa shape index (κ3) is 3.68. The van der Waals surface area contributed by atoms with Gasteiger partial charge in [0.2, 0.25) is 0 Å². The highest BCUT2D eigenvalue weighted by Gasteiger charge is 2.31. The maximum Gasteiger partial charge on any atom is 0.337 e. The Morgan fingerprint density at radius 1 is 1.38 bits per heavy atom. The summed E-state index contributed by atoms with van der Waals surface area (Å²) in [5.74, 6) is 0.728. The first kappa shape index (κ1) is 17.8. The number of methoxy groups -OCH3 is 2. The molecule has 0 saturated heterocycles. The number of ether oxygens (including phenoxy) is 3. The summed E-state index contributed by atoms with van der Waals surface area (Å²) in [7, 11) is 2.90. The standard InChI is InChI=1S/C17H20N2O4S/c1-5-8-23-12-7-6-11(9-13(12)21-3)15-14(16(20)22-4)10(2)18-17(24)19-15/h5-7,9,15H,1,8H2,2-4H3,(H2,18,19,24)/t15-/m0/s1. The van der Waals surface area contributed by atoms with Gasteiger partial charge >= 0.3 is 5.97 Å². The van der Waals surface area contributed by atoms with Crippen LogP contribution in [0.3, 0.4) is 0 Å². The molecule has 2 N–H and O–H groups in total. The van der Waals surface area contributed by atoms with E-state index in [1.54, 1.807) is 32.2 Å². The third-order valence-electron chi connectivity index (χ3n) is 3.55. The van der Waals surface area contributed by atoms with Crippen LogP contribution in [0.5, 0.6) is 11.5 Å². The molecule has 24 heavy (non-hydrogen) atoms. The highest BCUT2D eigenvalue weighted by molar-refractivity contribution is 7.80. The van der Waals surface area contributed by atoms with Gasteiger partial charge in [0, 0.05) is 5.70 Å². The second kappa shape index (κ2) is 7.83. The molecular weight excluding hydrogens is 328 g/mol. The Kier molecular flexibility index (Phi) is 5.81. The number of benzene rings is 1. The summed E-state index contributed by atoms with van der Waals surface area (Å²) in [4.78, 5) is 12.2. The number of esters is 1. The summed E-state index contributed by atoms with van der Waals surface area (Å²) in [6.07, 6.45) is 1.65. The largest absolute Gasteiger partial charge is 0.493 e. The van der Waals surface area contributed by atoms with E-state index in [0.29, 0.717) is 34.5 Å². The molecule has 6 nitrogen and oxygen atoms in total. The highest BCUT2D eigenvalue weighted by Crippen LogP contribution is 2.34. The Morgan fingerprint density at radius 3 is 2.75 bits per heavy atom. The van der Waals surface area contributed by atoms with Crippen LogP contribution in [-0.4, -0.2) is 31.9 Å². The number of hydrogen-bond donors (Lipinski definition) is 2. The molecule has 0 aromatic heterocycles. The summed E-state index contributed by atoms with van der Waals surface area (Å²) in [6.45, 7) is 5.78. The Balaban J connectivity index is 2.44. The van der Waals surface area contributed by atoms with Gasteiger partial charge in [0.15, 0.2) is 16.6 Å². The van der Waals surface area contributed by atoms with Crippen LogP contribution in [0.4, 0.5) is 0 Å². The maximum atomic E-state index is 12.2. The number of nitrogens with one attached hydrogen (secondary N) is 2. The maximum absolute atomic E-state index is 12.2. The summed E-state index contributed by atoms with van der Waals surface area (Å²) in [5, 5.41) is 6.48. The first-order valence-corrected chi connectivity index (χ1v) is 7.70. The Morgan fingerprint density at radius 2 is 2.12 bits per heavy atom. The van der Waals surface area contributed by atoms with E-state index in [-0.39, 0.29) is 0 Å². The zero-order valence-corrected chi connectivity index (χ0v) is 14.7. The molecule has 7 heteroatoms. The van der Waals surface area contributed by atoms with Crippen molar-refractivity contribution in [1.82, 2.24) is 10.6 Å². The Hall–Kier alpha value is -2.54. The van der Waals surface area contributed by atoms with E-state index in [1.165, 1.54) is 7.11 Å². The van der Waals surface area contributed by atoms with Crippen LogP contribution in [0.15, 0.2) is 42.1 Å². The van der Waals surface area contributed by atoms with Gasteiger partial charge in [-0.05, 0) is 36.8 Å². The van der Waals surface area contributed by atoms with E-state index in [1.807, 2.05) is 6.07 Å². The first-order valence-electron chi connectivity index (χ1n) is 7.30. The Bertz CT molecular complexity index is 700. The molecule has 0 aliphatic carbocycles. The van der Waals surface area contributed by atoms with Crippen molar-refractivity contribution in [2.45, 2.75) is 13.0 Å². The second-order valence-electron chi connectivity index (χ2n) is 5.07. The van der Waals surface area contributed by atoms with Crippen molar-refractivity contribution in [3.63, 3.8) is 0 Å². The number of carbonyl (C=O) groups excluding carboxylic acids is 1. The average Bonchev–Trinajstić information content (AvgIpc) is 2.58. The number of rotatable bonds is 6. The zero-order valence-electron chi connectivity index (χ0n) is 13.8. The average molecular weight is 348 g/mol. The molecule has 1 atom stereocenters. The van der Waals surface area contributed by atoms with Gasteiger partial charge < -0.3 is 24.8 Å². The molecule has 0 amide bonds. The zero-order chi connectivity index (χ0) is 17.7. The van der Waals surface area contributed by atoms with Gasteiger partial charge in [0.25, 0.3) is 0 Å². The molecular formula is C17H20N2O4S. The SMILES string of the molecule is C=CCOc1ccc([C@@H]2NC(=S)NC(C)=C2C(=O)OC)cc1OC. The van der Waals surface area contributed by atoms with Crippen LogP contribution in [0.1, 0.15) is 18.5 Å². The quantitative estimate of drug-likeness (QED) is 0.464. The van der Waals surface area contributed by atoms with Crippen molar-refractivity contribution < 1.29 is 19.0 Å². The van der Waals surface area contributed by atoms with Gasteiger partial charge in [-0.15, -0.1) is 0 Å². The molecule has 1 aromatic rings. The van der Waals surface area contributed by atoms with Crippen LogP contribution in [0.25, 0.3) is 0 Å². The fourth-order valence-corrected chi connectivity index (χ4v) is 2.73. The molecule has 0 unspecified atom stereocenters. The minimum Gasteiger partial charge on any atom is -0.493 e. The fraction of sp³-hybridized carbons (Fsp3) is 0.294. The van der Waals surface area contributed by atoms with Crippen molar-refractivity contribution in [1.29, 1.82) is 0 Å². The van der Waals surface area contributed by atoms with Gasteiger partial charge in [-0.3, -0.25) is 0 Å². The summed E-state index contributed by atoms with van der Waals surface area (Å²) < 4.78 is 15.8. The van der Waals surface area contributed by atoms with Crippen molar-refractivity contribution in [3.05, 3.63) is 47.7 Å². The smallest absolute Gasteiger partial charge is 0.337 e. The van der Waals surface area contributed by atoms with Gasteiger partial charge in [-0.25, -0.2) is 4.79 Å². The summed E-state index contributed by atoms with van der Waals surface area (Å²) in [6, 6.07) is 5.01. The first-order chi connectivity index (χ1) is 11.5. The van der Waals surface area contributed by atoms with E-state index in [2.05, 4.69) is 17.2 Å². The third-order valence-corrected chi connectivity index (χ3v) is 3.77. The lowest BCUT2D eigenvalue weighted by atomic mass is 9.95. The van der Waals surface area contributed by atoms with Gasteiger partial charge in [0.05, 0.1) is 25.8 Å². The predicted molar refractivity (Wildman–Crippen MR) is 95.0 cm³/mol. The lowest BCUT2D eigenvalue weighted by Gasteiger charge is -2.30. The summed E-state index contributed by atoms with van der Waals surface area (Å²) >= 11 is 5.20. The fourth-order valence-electron chi connectivity index (χ4n) is 2.46. The van der Waals surface area contributed by atoms with E-state index < -0.39 is 12.0 Å². The molecule has 0 spiro atoms. The van der Waals surface area contributed by atoms with Crippen molar-refractivity contribution in [2.24, 2.45) is 0 Å². The monoisotopic (exact) mass is 348 g/mol. The minimum atomic E-state index is -0.437. The Labute approximate surface area is 146 Å². The molecule has 0 saturated carbocycles. The normalized spacial score (nSPS) is 16.8. The topological polar surface area (TPSA) is 68.8 Å². The number of carbonyl (C=O) groups is 1. The summed E-state index contributed by atoms with van der Waals surface area (Å²) in [5.41, 5.74) is 1.93. The number of thiocarbonyl (C=S) groups is 1. The molecule has 128 valence electrons. The van der Waals surface area contributed by atoms with Crippen LogP contribution in [-0.2, 0) is 9.53 Å². The van der Waals surface area contributed by atoms with Gasteiger partial charge in [-0.1, -0.05) is 18.7 Å². The molecule has 1 aromatic carbocycles. The van der Waals surface area contributed by atoms with Gasteiger partial charge in [-0.2, -0.15) is 0 Å². The van der Waals surface area contributed by atoms with E-state index in [0.717, 1.165) is 5.56 Å². The van der Waals surface area contributed by atoms with Crippen molar-refractivity contribution >= 4 is 23.3 Å². The number of allylic oxidation sites excluding steroid dienone is 1. The van der Waals surface area contributed by atoms with Crippen LogP contribution in [0.2, 0.25) is 0 Å². The van der Waals surface area contributed by atoms with E-state index >= 15 is 0 Å². The minimum absolute atomic E-state index is 0.373. The lowest BCUT2D eigenvalue weighted by Crippen LogP contribution is -2.45. The molecule has 0 fully saturated rings. The van der Waals surface area contributed by atoms with Crippen LogP contribution in [0, 0.1) is 0 Å². The predicted octanol–water partition coefficient (Wildman–Crippen LogP) is 2.23. The molecule has 1 aliphatic heterocycles. The molecule has 0 radical (unpaired) electrons. The molecule has 1 heterocycles. The molecule has 2 rings (SSSR count). The highest BCUT2D eigenvalue weighted by atomic mass is 32.1. The number of hydrogen-bond acceptors (Lipinski definition) is 5. The van der Waals surface area contributed by atoms with Gasteiger partial charge in [0.1, 0.15) is 6.61 Å². The molecule has 0 bridgehead atoms. The van der Waals surface area contributed by atoms with E-state index in [4.69, 9.17) is 26.4 Å². The van der Waals surface area contributed by atoms with Crippen LogP contribution < -0.4 is 20.1 Å². The van der Waals surface area contributed by atoms with Crippen molar-refractivity contribution in [3.8, 4) is 11.5 Å². The molecule has 1 aliphatic rings. The second-order valence-corrected chi connectivity index (χ2v) is 5.48.